The molecule has 0 aliphatic heterocycles. The Balaban J connectivity index is 1.75. The summed E-state index contributed by atoms with van der Waals surface area (Å²) >= 11 is 0. The molecule has 4 heteroatoms. The molecule has 1 unspecified atom stereocenters. The Morgan fingerprint density at radius 1 is 1.30 bits per heavy atom. The van der Waals surface area contributed by atoms with Crippen LogP contribution in [0.15, 0.2) is 30.3 Å². The van der Waals surface area contributed by atoms with E-state index in [1.807, 2.05) is 32.3 Å². The maximum Gasteiger partial charge on any atom is 0.221 e. The molecule has 20 heavy (non-hydrogen) atoms. The van der Waals surface area contributed by atoms with E-state index in [2.05, 4.69) is 27.7 Å². The maximum absolute atomic E-state index is 11.8. The lowest BCUT2D eigenvalue weighted by Gasteiger charge is -2.25. The number of hydrogen-bond donors (Lipinski definition) is 2. The maximum atomic E-state index is 11.8. The number of carbonyl (C=O) groups is 1. The van der Waals surface area contributed by atoms with Crippen LogP contribution in [0.1, 0.15) is 30.9 Å². The molecule has 1 atom stereocenters. The first-order valence-corrected chi connectivity index (χ1v) is 7.38. The van der Waals surface area contributed by atoms with E-state index in [1.54, 1.807) is 0 Å². The summed E-state index contributed by atoms with van der Waals surface area (Å²) < 4.78 is 0. The number of hydrogen-bond acceptors (Lipinski definition) is 3. The van der Waals surface area contributed by atoms with Crippen LogP contribution >= 0.6 is 0 Å². The van der Waals surface area contributed by atoms with Crippen molar-refractivity contribution in [2.75, 3.05) is 27.2 Å². The van der Waals surface area contributed by atoms with Gasteiger partial charge in [-0.15, -0.1) is 0 Å². The largest absolute Gasteiger partial charge is 0.354 e. The van der Waals surface area contributed by atoms with Gasteiger partial charge in [0, 0.05) is 25.6 Å². The first kappa shape index (κ1) is 15.0. The van der Waals surface area contributed by atoms with Crippen molar-refractivity contribution < 1.29 is 4.79 Å². The Kier molecular flexibility index (Phi) is 5.56. The van der Waals surface area contributed by atoms with Crippen molar-refractivity contribution in [2.24, 2.45) is 0 Å². The van der Waals surface area contributed by atoms with E-state index in [4.69, 9.17) is 0 Å². The van der Waals surface area contributed by atoms with E-state index in [0.29, 0.717) is 19.0 Å². The van der Waals surface area contributed by atoms with Gasteiger partial charge in [0.1, 0.15) is 0 Å². The molecule has 0 bridgehead atoms. The van der Waals surface area contributed by atoms with E-state index in [-0.39, 0.29) is 11.9 Å². The quantitative estimate of drug-likeness (QED) is 0.756. The van der Waals surface area contributed by atoms with Crippen LogP contribution in [-0.2, 0) is 4.79 Å². The van der Waals surface area contributed by atoms with Crippen LogP contribution in [-0.4, -0.2) is 44.0 Å². The molecule has 0 heterocycles. The van der Waals surface area contributed by atoms with Gasteiger partial charge in [-0.3, -0.25) is 4.79 Å². The standard InChI is InChI=1S/C16H25N3O/c1-19(2)15(13-6-4-3-5-7-13)12-18-16(20)10-11-17-14-8-9-14/h3-7,14-15,17H,8-12H2,1-2H3,(H,18,20). The first-order valence-electron chi connectivity index (χ1n) is 7.38. The fourth-order valence-corrected chi connectivity index (χ4v) is 2.25. The average Bonchev–Trinajstić information content (AvgIpc) is 3.24. The summed E-state index contributed by atoms with van der Waals surface area (Å²) in [7, 11) is 4.08. The minimum absolute atomic E-state index is 0.126. The second kappa shape index (κ2) is 7.41. The molecule has 0 spiro atoms. The molecule has 0 aromatic heterocycles. The molecule has 1 aliphatic carbocycles. The Morgan fingerprint density at radius 2 is 2.00 bits per heavy atom. The third-order valence-electron chi connectivity index (χ3n) is 3.66. The number of carbonyl (C=O) groups excluding carboxylic acids is 1. The van der Waals surface area contributed by atoms with Crippen molar-refractivity contribution in [3.8, 4) is 0 Å². The summed E-state index contributed by atoms with van der Waals surface area (Å²) in [6.07, 6.45) is 3.09. The zero-order valence-corrected chi connectivity index (χ0v) is 12.4. The van der Waals surface area contributed by atoms with Crippen LogP contribution in [0.3, 0.4) is 0 Å². The summed E-state index contributed by atoms with van der Waals surface area (Å²) in [5.74, 6) is 0.126. The molecule has 1 fully saturated rings. The molecule has 1 amide bonds. The smallest absolute Gasteiger partial charge is 0.221 e. The summed E-state index contributed by atoms with van der Waals surface area (Å²) in [6, 6.07) is 11.2. The van der Waals surface area contributed by atoms with Gasteiger partial charge in [-0.25, -0.2) is 0 Å². The van der Waals surface area contributed by atoms with Gasteiger partial charge in [-0.2, -0.15) is 0 Å². The van der Waals surface area contributed by atoms with Crippen LogP contribution in [0, 0.1) is 0 Å². The Hall–Kier alpha value is -1.39. The number of likely N-dealkylation sites (N-methyl/N-ethyl adjacent to an activating group) is 1. The Labute approximate surface area is 121 Å². The number of nitrogens with one attached hydrogen (secondary N) is 2. The highest BCUT2D eigenvalue weighted by molar-refractivity contribution is 5.76. The monoisotopic (exact) mass is 275 g/mol. The zero-order valence-electron chi connectivity index (χ0n) is 12.4. The Morgan fingerprint density at radius 3 is 2.60 bits per heavy atom. The van der Waals surface area contributed by atoms with Crippen molar-refractivity contribution >= 4 is 5.91 Å². The molecule has 0 radical (unpaired) electrons. The lowest BCUT2D eigenvalue weighted by atomic mass is 10.1. The molecule has 2 N–H and O–H groups in total. The highest BCUT2D eigenvalue weighted by atomic mass is 16.1. The fourth-order valence-electron chi connectivity index (χ4n) is 2.25. The molecule has 1 aromatic rings. The normalized spacial score (nSPS) is 16.1. The molecular formula is C16H25N3O. The van der Waals surface area contributed by atoms with E-state index in [0.717, 1.165) is 6.54 Å². The number of benzene rings is 1. The molecular weight excluding hydrogens is 250 g/mol. The number of rotatable bonds is 8. The number of nitrogens with zero attached hydrogens (tertiary/aromatic N) is 1. The van der Waals surface area contributed by atoms with Crippen molar-refractivity contribution in [3.05, 3.63) is 35.9 Å². The van der Waals surface area contributed by atoms with E-state index < -0.39 is 0 Å². The van der Waals surface area contributed by atoms with Gasteiger partial charge in [0.25, 0.3) is 0 Å². The van der Waals surface area contributed by atoms with Crippen LogP contribution in [0.25, 0.3) is 0 Å². The van der Waals surface area contributed by atoms with Gasteiger partial charge in [0.15, 0.2) is 0 Å². The van der Waals surface area contributed by atoms with Gasteiger partial charge in [-0.1, -0.05) is 30.3 Å². The van der Waals surface area contributed by atoms with Crippen LogP contribution in [0.4, 0.5) is 0 Å². The van der Waals surface area contributed by atoms with Crippen LogP contribution in [0.5, 0.6) is 0 Å². The zero-order chi connectivity index (χ0) is 14.4. The highest BCUT2D eigenvalue weighted by Crippen LogP contribution is 2.18. The highest BCUT2D eigenvalue weighted by Gasteiger charge is 2.20. The summed E-state index contributed by atoms with van der Waals surface area (Å²) in [5, 5.41) is 6.39. The molecule has 1 aliphatic rings. The second-order valence-electron chi connectivity index (χ2n) is 5.67. The fraction of sp³-hybridized carbons (Fsp3) is 0.562. The molecule has 4 nitrogen and oxygen atoms in total. The van der Waals surface area contributed by atoms with E-state index >= 15 is 0 Å². The first-order chi connectivity index (χ1) is 9.66. The van der Waals surface area contributed by atoms with Crippen molar-refractivity contribution in [2.45, 2.75) is 31.3 Å². The van der Waals surface area contributed by atoms with Gasteiger partial charge in [-0.05, 0) is 32.5 Å². The van der Waals surface area contributed by atoms with Gasteiger partial charge < -0.3 is 15.5 Å². The predicted octanol–water partition coefficient (Wildman–Crippen LogP) is 1.55. The van der Waals surface area contributed by atoms with Crippen molar-refractivity contribution in [3.63, 3.8) is 0 Å². The van der Waals surface area contributed by atoms with Gasteiger partial charge in [0.05, 0.1) is 6.04 Å². The van der Waals surface area contributed by atoms with Gasteiger partial charge in [0.2, 0.25) is 5.91 Å². The lowest BCUT2D eigenvalue weighted by Crippen LogP contribution is -2.35. The van der Waals surface area contributed by atoms with Crippen molar-refractivity contribution in [1.29, 1.82) is 0 Å². The predicted molar refractivity (Wildman–Crippen MR) is 81.5 cm³/mol. The summed E-state index contributed by atoms with van der Waals surface area (Å²) in [4.78, 5) is 14.0. The molecule has 1 aromatic carbocycles. The van der Waals surface area contributed by atoms with E-state index in [1.165, 1.54) is 18.4 Å². The minimum Gasteiger partial charge on any atom is -0.354 e. The SMILES string of the molecule is CN(C)C(CNC(=O)CCNC1CC1)c1ccccc1. The van der Waals surface area contributed by atoms with Gasteiger partial charge >= 0.3 is 0 Å². The summed E-state index contributed by atoms with van der Waals surface area (Å²) in [6.45, 7) is 1.44. The third kappa shape index (κ3) is 4.94. The van der Waals surface area contributed by atoms with Crippen molar-refractivity contribution in [1.82, 2.24) is 15.5 Å². The van der Waals surface area contributed by atoms with Crippen LogP contribution in [0.2, 0.25) is 0 Å². The number of amides is 1. The Bertz CT molecular complexity index is 415. The van der Waals surface area contributed by atoms with E-state index in [9.17, 15) is 4.79 Å². The molecule has 0 saturated heterocycles. The average molecular weight is 275 g/mol. The minimum atomic E-state index is 0.126. The lowest BCUT2D eigenvalue weighted by molar-refractivity contribution is -0.121. The molecule has 110 valence electrons. The van der Waals surface area contributed by atoms with Crippen LogP contribution < -0.4 is 10.6 Å². The molecule has 1 saturated carbocycles. The summed E-state index contributed by atoms with van der Waals surface area (Å²) in [5.41, 5.74) is 1.23. The topological polar surface area (TPSA) is 44.4 Å². The second-order valence-corrected chi connectivity index (χ2v) is 5.67. The third-order valence-corrected chi connectivity index (χ3v) is 3.66. The molecule has 2 rings (SSSR count).